The second-order valence-electron chi connectivity index (χ2n) is 6.45. The summed E-state index contributed by atoms with van der Waals surface area (Å²) >= 11 is 0. The van der Waals surface area contributed by atoms with E-state index in [1.807, 2.05) is 36.1 Å². The lowest BCUT2D eigenvalue weighted by atomic mass is 10.0. The van der Waals surface area contributed by atoms with Crippen LogP contribution < -0.4 is 15.8 Å². The van der Waals surface area contributed by atoms with E-state index >= 15 is 0 Å². The fourth-order valence-electron chi connectivity index (χ4n) is 3.03. The number of ether oxygens (including phenoxy) is 2. The highest BCUT2D eigenvalue weighted by atomic mass is 35.5. The van der Waals surface area contributed by atoms with Gasteiger partial charge in [0, 0.05) is 25.8 Å². The minimum Gasteiger partial charge on any atom is -0.483 e. The molecule has 8 heteroatoms. The molecule has 1 aromatic carbocycles. The summed E-state index contributed by atoms with van der Waals surface area (Å²) in [6.45, 7) is 3.73. The molecule has 0 radical (unpaired) electrons. The van der Waals surface area contributed by atoms with Crippen molar-refractivity contribution in [3.05, 3.63) is 29.8 Å². The Bertz CT molecular complexity index is 608. The molecule has 1 aliphatic heterocycles. The first-order valence-corrected chi connectivity index (χ1v) is 9.11. The molecule has 0 aliphatic carbocycles. The van der Waals surface area contributed by atoms with Crippen LogP contribution in [0, 0.1) is 0 Å². The van der Waals surface area contributed by atoms with Crippen molar-refractivity contribution >= 4 is 24.2 Å². The van der Waals surface area contributed by atoms with Gasteiger partial charge in [0.25, 0.3) is 5.91 Å². The summed E-state index contributed by atoms with van der Waals surface area (Å²) in [4.78, 5) is 26.2. The molecule has 0 saturated carbocycles. The number of nitrogens with two attached hydrogens (primary N) is 1. The van der Waals surface area contributed by atoms with E-state index in [1.165, 1.54) is 7.11 Å². The van der Waals surface area contributed by atoms with Crippen molar-refractivity contribution in [1.82, 2.24) is 10.2 Å². The van der Waals surface area contributed by atoms with Gasteiger partial charge in [0.15, 0.2) is 6.61 Å². The smallest absolute Gasteiger partial charge is 0.260 e. The first kappa shape index (κ1) is 23.2. The van der Waals surface area contributed by atoms with Gasteiger partial charge in [-0.1, -0.05) is 25.1 Å². The number of likely N-dealkylation sites (tertiary alicyclic amines) is 1. The summed E-state index contributed by atoms with van der Waals surface area (Å²) in [5, 5.41) is 2.93. The third kappa shape index (κ3) is 6.68. The Morgan fingerprint density at radius 2 is 1.93 bits per heavy atom. The van der Waals surface area contributed by atoms with E-state index in [4.69, 9.17) is 15.2 Å². The minimum atomic E-state index is -0.723. The number of carbonyl (C=O) groups excluding carboxylic acids is 2. The van der Waals surface area contributed by atoms with E-state index in [9.17, 15) is 9.59 Å². The van der Waals surface area contributed by atoms with Crippen LogP contribution in [0.3, 0.4) is 0 Å². The number of benzene rings is 1. The molecule has 2 atom stereocenters. The van der Waals surface area contributed by atoms with Gasteiger partial charge in [-0.05, 0) is 25.3 Å². The van der Waals surface area contributed by atoms with E-state index in [-0.39, 0.29) is 43.5 Å². The first-order chi connectivity index (χ1) is 12.6. The molecule has 1 fully saturated rings. The SMILES string of the molecule is CCC(NC(=O)C(N)COC)c1ccccc1OCC(=O)N1CCCC1.Cl. The van der Waals surface area contributed by atoms with Crippen molar-refractivity contribution in [3.8, 4) is 5.75 Å². The number of halogens is 1. The Morgan fingerprint density at radius 3 is 2.56 bits per heavy atom. The largest absolute Gasteiger partial charge is 0.483 e. The number of amides is 2. The fraction of sp³-hybridized carbons (Fsp3) is 0.579. The van der Waals surface area contributed by atoms with Crippen LogP contribution in [0.5, 0.6) is 5.75 Å². The molecule has 2 unspecified atom stereocenters. The molecule has 7 nitrogen and oxygen atoms in total. The number of nitrogens with zero attached hydrogens (tertiary/aromatic N) is 1. The number of methoxy groups -OCH3 is 1. The number of carbonyl (C=O) groups is 2. The zero-order valence-electron chi connectivity index (χ0n) is 16.0. The molecule has 1 saturated heterocycles. The highest BCUT2D eigenvalue weighted by Gasteiger charge is 2.22. The molecule has 27 heavy (non-hydrogen) atoms. The molecular formula is C19H30ClN3O4. The monoisotopic (exact) mass is 399 g/mol. The van der Waals surface area contributed by atoms with E-state index in [0.717, 1.165) is 31.5 Å². The normalized spacial score (nSPS) is 15.6. The summed E-state index contributed by atoms with van der Waals surface area (Å²) in [6.07, 6.45) is 2.77. The third-order valence-corrected chi connectivity index (χ3v) is 4.51. The van der Waals surface area contributed by atoms with E-state index in [0.29, 0.717) is 12.2 Å². The summed E-state index contributed by atoms with van der Waals surface area (Å²) < 4.78 is 10.7. The Kier molecular flexibility index (Phi) is 10.1. The van der Waals surface area contributed by atoms with Crippen molar-refractivity contribution < 1.29 is 19.1 Å². The third-order valence-electron chi connectivity index (χ3n) is 4.51. The van der Waals surface area contributed by atoms with Crippen molar-refractivity contribution in [2.75, 3.05) is 33.4 Å². The second-order valence-corrected chi connectivity index (χ2v) is 6.45. The van der Waals surface area contributed by atoms with Gasteiger partial charge < -0.3 is 25.4 Å². The molecule has 1 aliphatic rings. The highest BCUT2D eigenvalue weighted by Crippen LogP contribution is 2.27. The summed E-state index contributed by atoms with van der Waals surface area (Å²) in [5.41, 5.74) is 6.63. The molecule has 152 valence electrons. The molecule has 0 bridgehead atoms. The molecule has 2 rings (SSSR count). The molecular weight excluding hydrogens is 370 g/mol. The lowest BCUT2D eigenvalue weighted by molar-refractivity contribution is -0.132. The second kappa shape index (κ2) is 11.8. The predicted molar refractivity (Wildman–Crippen MR) is 106 cm³/mol. The number of para-hydroxylation sites is 1. The van der Waals surface area contributed by atoms with Crippen molar-refractivity contribution in [2.24, 2.45) is 5.73 Å². The van der Waals surface area contributed by atoms with Crippen molar-refractivity contribution in [1.29, 1.82) is 0 Å². The Labute approximate surface area is 167 Å². The average molecular weight is 400 g/mol. The summed E-state index contributed by atoms with van der Waals surface area (Å²) in [5.74, 6) is 0.325. The molecule has 0 aromatic heterocycles. The van der Waals surface area contributed by atoms with Crippen molar-refractivity contribution in [2.45, 2.75) is 38.3 Å². The predicted octanol–water partition coefficient (Wildman–Crippen LogP) is 1.65. The van der Waals surface area contributed by atoms with Crippen LogP contribution in [0.2, 0.25) is 0 Å². The fourth-order valence-corrected chi connectivity index (χ4v) is 3.03. The van der Waals surface area contributed by atoms with Crippen LogP contribution in [0.1, 0.15) is 37.8 Å². The summed E-state index contributed by atoms with van der Waals surface area (Å²) in [7, 11) is 1.50. The van der Waals surface area contributed by atoms with Gasteiger partial charge in [-0.3, -0.25) is 9.59 Å². The molecule has 1 heterocycles. The Morgan fingerprint density at radius 1 is 1.26 bits per heavy atom. The quantitative estimate of drug-likeness (QED) is 0.658. The van der Waals surface area contributed by atoms with E-state index in [1.54, 1.807) is 0 Å². The van der Waals surface area contributed by atoms with Gasteiger partial charge in [-0.2, -0.15) is 0 Å². The number of hydrogen-bond acceptors (Lipinski definition) is 5. The van der Waals surface area contributed by atoms with Crippen molar-refractivity contribution in [3.63, 3.8) is 0 Å². The van der Waals surface area contributed by atoms with Crippen LogP contribution in [0.25, 0.3) is 0 Å². The van der Waals surface area contributed by atoms with Gasteiger partial charge in [-0.25, -0.2) is 0 Å². The molecule has 0 spiro atoms. The maximum atomic E-state index is 12.2. The van der Waals surface area contributed by atoms with Crippen LogP contribution in [-0.2, 0) is 14.3 Å². The van der Waals surface area contributed by atoms with Gasteiger partial charge in [0.05, 0.1) is 12.6 Å². The van der Waals surface area contributed by atoms with E-state index in [2.05, 4.69) is 5.32 Å². The highest BCUT2D eigenvalue weighted by molar-refractivity contribution is 5.85. The molecule has 1 aromatic rings. The number of rotatable bonds is 9. The van der Waals surface area contributed by atoms with Gasteiger partial charge in [0.2, 0.25) is 5.91 Å². The van der Waals surface area contributed by atoms with Crippen LogP contribution in [0.15, 0.2) is 24.3 Å². The van der Waals surface area contributed by atoms with E-state index < -0.39 is 6.04 Å². The van der Waals surface area contributed by atoms with Crippen LogP contribution in [-0.4, -0.2) is 56.2 Å². The Hall–Kier alpha value is -1.83. The Balaban J connectivity index is 0.00000364. The standard InChI is InChI=1S/C19H29N3O4.ClH/c1-3-16(21-19(24)15(20)12-25-2)14-8-4-5-9-17(14)26-13-18(23)22-10-6-7-11-22;/h4-5,8-9,15-16H,3,6-7,10-13,20H2,1-2H3,(H,21,24);1H. The lowest BCUT2D eigenvalue weighted by Gasteiger charge is -2.23. The zero-order chi connectivity index (χ0) is 18.9. The number of nitrogens with one attached hydrogen (secondary N) is 1. The first-order valence-electron chi connectivity index (χ1n) is 9.11. The lowest BCUT2D eigenvalue weighted by Crippen LogP contribution is -2.44. The molecule has 3 N–H and O–H groups in total. The topological polar surface area (TPSA) is 93.9 Å². The minimum absolute atomic E-state index is 0. The maximum Gasteiger partial charge on any atom is 0.260 e. The van der Waals surface area contributed by atoms with Crippen LogP contribution in [0.4, 0.5) is 0 Å². The van der Waals surface area contributed by atoms with Gasteiger partial charge in [-0.15, -0.1) is 12.4 Å². The number of hydrogen-bond donors (Lipinski definition) is 2. The van der Waals surface area contributed by atoms with Gasteiger partial charge in [0.1, 0.15) is 11.8 Å². The zero-order valence-corrected chi connectivity index (χ0v) is 16.8. The summed E-state index contributed by atoms with van der Waals surface area (Å²) in [6, 6.07) is 6.48. The molecule has 2 amide bonds. The maximum absolute atomic E-state index is 12.2. The van der Waals surface area contributed by atoms with Gasteiger partial charge >= 0.3 is 0 Å². The van der Waals surface area contributed by atoms with Crippen LogP contribution >= 0.6 is 12.4 Å². The average Bonchev–Trinajstić information content (AvgIpc) is 3.19.